The summed E-state index contributed by atoms with van der Waals surface area (Å²) < 4.78 is 0. The number of carbonyl (C=O) groups is 1. The Morgan fingerprint density at radius 2 is 2.00 bits per heavy atom. The van der Waals surface area contributed by atoms with E-state index in [1.807, 2.05) is 25.0 Å². The van der Waals surface area contributed by atoms with Crippen LogP contribution in [0.15, 0.2) is 31.0 Å². The van der Waals surface area contributed by atoms with E-state index in [4.69, 9.17) is 4.79 Å². The van der Waals surface area contributed by atoms with Crippen LogP contribution in [0.4, 0.5) is 0 Å². The molecule has 0 amide bonds. The number of hydrogen-bond donors (Lipinski definition) is 0. The second-order valence-electron chi connectivity index (χ2n) is 1.46. The van der Waals surface area contributed by atoms with E-state index in [2.05, 4.69) is 11.6 Å². The van der Waals surface area contributed by atoms with Crippen molar-refractivity contribution < 1.29 is 24.3 Å². The van der Waals surface area contributed by atoms with Gasteiger partial charge in [0.1, 0.15) is 6.79 Å². The van der Waals surface area contributed by atoms with Crippen LogP contribution in [0, 0.1) is 0 Å². The molecule has 0 aromatic carbocycles. The van der Waals surface area contributed by atoms with E-state index >= 15 is 0 Å². The average Bonchev–Trinajstić information content (AvgIpc) is 2.10. The van der Waals surface area contributed by atoms with E-state index in [0.29, 0.717) is 0 Å². The maximum Gasteiger partial charge on any atom is 0.106 e. The van der Waals surface area contributed by atoms with Gasteiger partial charge in [0.2, 0.25) is 0 Å². The average molecular weight is 238 g/mol. The summed E-state index contributed by atoms with van der Waals surface area (Å²) in [5.74, 6) is 0. The molecule has 2 nitrogen and oxygen atoms in total. The molecule has 1 heterocycles. The van der Waals surface area contributed by atoms with Gasteiger partial charge in [-0.2, -0.15) is 0 Å². The van der Waals surface area contributed by atoms with Crippen molar-refractivity contribution in [1.82, 2.24) is 4.98 Å². The minimum Gasteiger partial charge on any atom is -0.307 e. The number of pyridine rings is 1. The predicted molar refractivity (Wildman–Crippen MR) is 41.4 cm³/mol. The van der Waals surface area contributed by atoms with Crippen LogP contribution < -0.4 is 0 Å². The smallest absolute Gasteiger partial charge is 0.106 e. The van der Waals surface area contributed by atoms with E-state index in [-0.39, 0.29) is 19.5 Å². The van der Waals surface area contributed by atoms with E-state index in [9.17, 15) is 0 Å². The molecule has 11 heavy (non-hydrogen) atoms. The largest absolute Gasteiger partial charge is 0.307 e. The van der Waals surface area contributed by atoms with Crippen molar-refractivity contribution in [2.45, 2.75) is 0 Å². The van der Waals surface area contributed by atoms with Crippen LogP contribution in [0.2, 0.25) is 0 Å². The first-order chi connectivity index (χ1) is 4.93. The molecule has 0 fully saturated rings. The zero-order valence-electron chi connectivity index (χ0n) is 5.99. The first-order valence-electron chi connectivity index (χ1n) is 2.76. The van der Waals surface area contributed by atoms with Crippen molar-refractivity contribution >= 4 is 12.9 Å². The second-order valence-corrected chi connectivity index (χ2v) is 1.46. The van der Waals surface area contributed by atoms with Crippen LogP contribution >= 0.6 is 0 Å². The Morgan fingerprint density at radius 1 is 1.36 bits per heavy atom. The van der Waals surface area contributed by atoms with Gasteiger partial charge in [-0.1, -0.05) is 12.6 Å². The van der Waals surface area contributed by atoms with Crippen molar-refractivity contribution in [3.63, 3.8) is 0 Å². The Labute approximate surface area is 79.1 Å². The molecule has 1 rings (SSSR count). The van der Waals surface area contributed by atoms with Crippen molar-refractivity contribution in [2.24, 2.45) is 0 Å². The number of carbonyl (C=O) groups excluding carboxylic acids is 1. The maximum absolute atomic E-state index is 8.00. The van der Waals surface area contributed by atoms with Crippen LogP contribution in [0.3, 0.4) is 0 Å². The summed E-state index contributed by atoms with van der Waals surface area (Å²) in [4.78, 5) is 12.0. The molecule has 61 valence electrons. The standard InChI is InChI=1S/C7H7N.CH2O.Rh/c1-2-7-5-3-4-6-8-7;1-2;/h2-6H,1H2;1H2;. The summed E-state index contributed by atoms with van der Waals surface area (Å²) in [5.41, 5.74) is 0.924. The van der Waals surface area contributed by atoms with Gasteiger partial charge in [0, 0.05) is 25.7 Å². The molecule has 0 spiro atoms. The monoisotopic (exact) mass is 238 g/mol. The van der Waals surface area contributed by atoms with Gasteiger partial charge < -0.3 is 4.79 Å². The van der Waals surface area contributed by atoms with Gasteiger partial charge in [0.25, 0.3) is 0 Å². The molecular weight excluding hydrogens is 229 g/mol. The molecule has 1 radical (unpaired) electrons. The third-order valence-corrected chi connectivity index (χ3v) is 0.897. The van der Waals surface area contributed by atoms with Crippen molar-refractivity contribution in [2.75, 3.05) is 0 Å². The summed E-state index contributed by atoms with van der Waals surface area (Å²) in [6.45, 7) is 5.57. The van der Waals surface area contributed by atoms with Crippen LogP contribution in [-0.2, 0) is 24.3 Å². The Hall–Kier alpha value is -0.817. The summed E-state index contributed by atoms with van der Waals surface area (Å²) in [6.07, 6.45) is 3.47. The van der Waals surface area contributed by atoms with Crippen molar-refractivity contribution in [1.29, 1.82) is 0 Å². The fourth-order valence-corrected chi connectivity index (χ4v) is 0.497. The van der Waals surface area contributed by atoms with Crippen molar-refractivity contribution in [3.8, 4) is 0 Å². The Bertz CT molecular complexity index is 189. The van der Waals surface area contributed by atoms with Gasteiger partial charge in [-0.05, 0) is 18.2 Å². The second kappa shape index (κ2) is 9.18. The fourth-order valence-electron chi connectivity index (χ4n) is 0.497. The Morgan fingerprint density at radius 3 is 2.27 bits per heavy atom. The Kier molecular flexibility index (Phi) is 10.7. The number of hydrogen-bond acceptors (Lipinski definition) is 2. The van der Waals surface area contributed by atoms with Crippen LogP contribution in [0.5, 0.6) is 0 Å². The quantitative estimate of drug-likeness (QED) is 0.694. The van der Waals surface area contributed by atoms with Gasteiger partial charge in [0.15, 0.2) is 0 Å². The van der Waals surface area contributed by atoms with Crippen LogP contribution in [0.25, 0.3) is 6.08 Å². The van der Waals surface area contributed by atoms with Crippen LogP contribution in [-0.4, -0.2) is 11.8 Å². The molecule has 0 aliphatic heterocycles. The topological polar surface area (TPSA) is 30.0 Å². The molecule has 0 saturated carbocycles. The maximum atomic E-state index is 8.00. The molecule has 0 N–H and O–H groups in total. The first-order valence-corrected chi connectivity index (χ1v) is 2.76. The molecule has 0 aliphatic rings. The molecule has 0 aliphatic carbocycles. The van der Waals surface area contributed by atoms with Crippen molar-refractivity contribution in [3.05, 3.63) is 36.7 Å². The third kappa shape index (κ3) is 5.62. The number of nitrogens with zero attached hydrogens (tertiary/aromatic N) is 1. The number of aromatic nitrogens is 1. The van der Waals surface area contributed by atoms with Gasteiger partial charge in [-0.15, -0.1) is 0 Å². The third-order valence-electron chi connectivity index (χ3n) is 0.897. The molecule has 0 unspecified atom stereocenters. The summed E-state index contributed by atoms with van der Waals surface area (Å²) in [7, 11) is 0. The first kappa shape index (κ1) is 12.8. The molecule has 1 aromatic heterocycles. The SMILES string of the molecule is C=Cc1ccccn1.C=O.[Rh]. The van der Waals surface area contributed by atoms with Gasteiger partial charge in [-0.25, -0.2) is 0 Å². The molecule has 3 heteroatoms. The molecule has 0 atom stereocenters. The zero-order valence-corrected chi connectivity index (χ0v) is 7.63. The molecule has 1 aromatic rings. The van der Waals surface area contributed by atoms with Gasteiger partial charge >= 0.3 is 0 Å². The van der Waals surface area contributed by atoms with Gasteiger partial charge in [-0.3, -0.25) is 4.98 Å². The zero-order chi connectivity index (χ0) is 7.82. The summed E-state index contributed by atoms with van der Waals surface area (Å²) in [5, 5.41) is 0. The number of rotatable bonds is 1. The Balaban J connectivity index is 0. The van der Waals surface area contributed by atoms with Gasteiger partial charge in [0.05, 0.1) is 5.69 Å². The van der Waals surface area contributed by atoms with Crippen LogP contribution in [0.1, 0.15) is 5.69 Å². The molecular formula is C8H9NORh. The predicted octanol–water partition coefficient (Wildman–Crippen LogP) is 1.54. The summed E-state index contributed by atoms with van der Waals surface area (Å²) >= 11 is 0. The molecule has 0 saturated heterocycles. The van der Waals surface area contributed by atoms with E-state index < -0.39 is 0 Å². The van der Waals surface area contributed by atoms with E-state index in [0.717, 1.165) is 5.69 Å². The normalized spacial score (nSPS) is 6.55. The molecule has 0 bridgehead atoms. The van der Waals surface area contributed by atoms with E-state index in [1.54, 1.807) is 12.3 Å². The van der Waals surface area contributed by atoms with E-state index in [1.165, 1.54) is 0 Å². The summed E-state index contributed by atoms with van der Waals surface area (Å²) in [6, 6.07) is 5.73. The minimum absolute atomic E-state index is 0. The fraction of sp³-hybridized carbons (Fsp3) is 0. The minimum atomic E-state index is 0.